The van der Waals surface area contributed by atoms with Gasteiger partial charge in [0.25, 0.3) is 0 Å². The highest BCUT2D eigenvalue weighted by atomic mass is 16.4. The summed E-state index contributed by atoms with van der Waals surface area (Å²) in [7, 11) is 0. The topological polar surface area (TPSA) is 60.9 Å². The fourth-order valence-electron chi connectivity index (χ4n) is 3.02. The molecular weight excluding hydrogens is 232 g/mol. The van der Waals surface area contributed by atoms with Crippen molar-refractivity contribution < 1.29 is 14.7 Å². The third-order valence-corrected chi connectivity index (χ3v) is 4.35. The zero-order valence-electron chi connectivity index (χ0n) is 11.0. The number of rotatable bonds is 2. The van der Waals surface area contributed by atoms with Crippen LogP contribution in [0.3, 0.4) is 0 Å². The van der Waals surface area contributed by atoms with Crippen molar-refractivity contribution in [3.8, 4) is 0 Å². The molecule has 2 aliphatic rings. The molecule has 0 saturated carbocycles. The summed E-state index contributed by atoms with van der Waals surface area (Å²) < 4.78 is 0. The number of carbonyl (C=O) groups is 2. The first-order valence-electron chi connectivity index (χ1n) is 6.86. The van der Waals surface area contributed by atoms with Gasteiger partial charge in [0.05, 0.1) is 5.41 Å². The van der Waals surface area contributed by atoms with Crippen molar-refractivity contribution in [3.05, 3.63) is 0 Å². The molecule has 0 bridgehead atoms. The number of carbonyl (C=O) groups excluding carboxylic acids is 1. The van der Waals surface area contributed by atoms with Gasteiger partial charge in [-0.25, -0.2) is 4.79 Å². The van der Waals surface area contributed by atoms with E-state index in [0.29, 0.717) is 25.9 Å². The molecule has 18 heavy (non-hydrogen) atoms. The molecular formula is C13H22N2O3. The lowest BCUT2D eigenvalue weighted by Gasteiger charge is -2.40. The number of urea groups is 1. The predicted octanol–water partition coefficient (Wildman–Crippen LogP) is 1.78. The summed E-state index contributed by atoms with van der Waals surface area (Å²) in [5.74, 6) is -0.760. The normalized spacial score (nSPS) is 28.5. The van der Waals surface area contributed by atoms with Gasteiger partial charge in [-0.2, -0.15) is 0 Å². The van der Waals surface area contributed by atoms with Crippen molar-refractivity contribution in [1.82, 2.24) is 9.80 Å². The van der Waals surface area contributed by atoms with Crippen molar-refractivity contribution in [3.63, 3.8) is 0 Å². The van der Waals surface area contributed by atoms with E-state index in [1.165, 1.54) is 0 Å². The molecule has 0 aromatic rings. The Morgan fingerprint density at radius 3 is 2.28 bits per heavy atom. The van der Waals surface area contributed by atoms with Gasteiger partial charge < -0.3 is 14.9 Å². The van der Waals surface area contributed by atoms with Gasteiger partial charge in [0, 0.05) is 26.2 Å². The molecule has 0 aromatic carbocycles. The van der Waals surface area contributed by atoms with Crippen molar-refractivity contribution in [1.29, 1.82) is 0 Å². The monoisotopic (exact) mass is 254 g/mol. The second kappa shape index (κ2) is 5.16. The maximum Gasteiger partial charge on any atom is 0.320 e. The van der Waals surface area contributed by atoms with E-state index in [-0.39, 0.29) is 6.03 Å². The highest BCUT2D eigenvalue weighted by molar-refractivity contribution is 5.79. The Bertz CT molecular complexity index is 339. The largest absolute Gasteiger partial charge is 0.481 e. The summed E-state index contributed by atoms with van der Waals surface area (Å²) in [6, 6.07) is 0.0336. The van der Waals surface area contributed by atoms with Crippen molar-refractivity contribution in [2.24, 2.45) is 5.41 Å². The van der Waals surface area contributed by atoms with Crippen LogP contribution in [0.4, 0.5) is 4.79 Å². The van der Waals surface area contributed by atoms with Crippen LogP contribution in [0.1, 0.15) is 39.0 Å². The van der Waals surface area contributed by atoms with Crippen LogP contribution < -0.4 is 0 Å². The molecule has 2 rings (SSSR count). The average molecular weight is 254 g/mol. The fourth-order valence-corrected chi connectivity index (χ4v) is 3.02. The number of carboxylic acid groups (broad SMARTS) is 1. The lowest BCUT2D eigenvalue weighted by atomic mass is 9.78. The zero-order valence-corrected chi connectivity index (χ0v) is 11.0. The van der Waals surface area contributed by atoms with Crippen LogP contribution in [-0.2, 0) is 4.79 Å². The summed E-state index contributed by atoms with van der Waals surface area (Å²) in [6.07, 6.45) is 4.20. The van der Waals surface area contributed by atoms with Gasteiger partial charge in [-0.05, 0) is 32.1 Å². The number of nitrogens with zero attached hydrogens (tertiary/aromatic N) is 2. The van der Waals surface area contributed by atoms with E-state index < -0.39 is 11.4 Å². The lowest BCUT2D eigenvalue weighted by molar-refractivity contribution is -0.152. The third-order valence-electron chi connectivity index (χ3n) is 4.35. The fraction of sp³-hybridized carbons (Fsp3) is 0.846. The van der Waals surface area contributed by atoms with Gasteiger partial charge in [0.15, 0.2) is 0 Å². The number of hydrogen-bond acceptors (Lipinski definition) is 2. The third kappa shape index (κ3) is 2.31. The SMILES string of the molecule is CC[C@]1(C(=O)O)CCCN(C(=O)N2CCCC2)C1. The number of hydrogen-bond donors (Lipinski definition) is 1. The maximum absolute atomic E-state index is 12.3. The Hall–Kier alpha value is -1.26. The molecule has 0 spiro atoms. The van der Waals surface area contributed by atoms with Gasteiger partial charge in [-0.15, -0.1) is 0 Å². The Kier molecular flexibility index (Phi) is 3.78. The van der Waals surface area contributed by atoms with E-state index >= 15 is 0 Å². The molecule has 1 atom stereocenters. The summed E-state index contributed by atoms with van der Waals surface area (Å²) in [4.78, 5) is 27.3. The second-order valence-corrected chi connectivity index (χ2v) is 5.44. The number of aliphatic carboxylic acids is 1. The van der Waals surface area contributed by atoms with E-state index in [4.69, 9.17) is 0 Å². The molecule has 0 aliphatic carbocycles. The molecule has 5 nitrogen and oxygen atoms in total. The first-order valence-corrected chi connectivity index (χ1v) is 6.86. The van der Waals surface area contributed by atoms with E-state index in [1.54, 1.807) is 4.90 Å². The molecule has 2 saturated heterocycles. The molecule has 2 amide bonds. The summed E-state index contributed by atoms with van der Waals surface area (Å²) in [5, 5.41) is 9.40. The van der Waals surface area contributed by atoms with Crippen LogP contribution in [-0.4, -0.2) is 53.1 Å². The number of amides is 2. The maximum atomic E-state index is 12.3. The van der Waals surface area contributed by atoms with Crippen LogP contribution in [0.2, 0.25) is 0 Å². The molecule has 2 fully saturated rings. The van der Waals surface area contributed by atoms with Crippen molar-refractivity contribution in [2.45, 2.75) is 39.0 Å². The van der Waals surface area contributed by atoms with Crippen molar-refractivity contribution in [2.75, 3.05) is 26.2 Å². The molecule has 5 heteroatoms. The minimum atomic E-state index is -0.760. The van der Waals surface area contributed by atoms with E-state index in [0.717, 1.165) is 32.4 Å². The standard InChI is InChI=1S/C13H22N2O3/c1-2-13(11(16)17)6-5-9-15(10-13)12(18)14-7-3-4-8-14/h2-10H2,1H3,(H,16,17)/t13-/m0/s1. The van der Waals surface area contributed by atoms with Crippen LogP contribution in [0.25, 0.3) is 0 Å². The highest BCUT2D eigenvalue weighted by Gasteiger charge is 2.42. The average Bonchev–Trinajstić information content (AvgIpc) is 2.91. The molecule has 0 unspecified atom stereocenters. The summed E-state index contributed by atoms with van der Waals surface area (Å²) >= 11 is 0. The number of likely N-dealkylation sites (tertiary alicyclic amines) is 2. The molecule has 2 heterocycles. The quantitative estimate of drug-likeness (QED) is 0.817. The van der Waals surface area contributed by atoms with Gasteiger partial charge in [-0.3, -0.25) is 4.79 Å². The Labute approximate surface area is 108 Å². The Morgan fingerprint density at radius 1 is 1.11 bits per heavy atom. The second-order valence-electron chi connectivity index (χ2n) is 5.44. The van der Waals surface area contributed by atoms with Gasteiger partial charge in [-0.1, -0.05) is 6.92 Å². The zero-order chi connectivity index (χ0) is 13.2. The summed E-state index contributed by atoms with van der Waals surface area (Å²) in [6.45, 7) is 4.61. The molecule has 0 radical (unpaired) electrons. The van der Waals surface area contributed by atoms with E-state index in [2.05, 4.69) is 0 Å². The highest BCUT2D eigenvalue weighted by Crippen LogP contribution is 2.34. The minimum absolute atomic E-state index is 0.0336. The predicted molar refractivity (Wildman–Crippen MR) is 67.4 cm³/mol. The molecule has 1 N–H and O–H groups in total. The van der Waals surface area contributed by atoms with Gasteiger partial charge in [0.1, 0.15) is 0 Å². The number of piperidine rings is 1. The first kappa shape index (κ1) is 13.2. The Balaban J connectivity index is 2.05. The minimum Gasteiger partial charge on any atom is -0.481 e. The van der Waals surface area contributed by atoms with Crippen LogP contribution >= 0.6 is 0 Å². The molecule has 0 aromatic heterocycles. The van der Waals surface area contributed by atoms with Gasteiger partial charge in [0.2, 0.25) is 0 Å². The number of carboxylic acids is 1. The molecule has 102 valence electrons. The summed E-state index contributed by atoms with van der Waals surface area (Å²) in [5.41, 5.74) is -0.729. The first-order chi connectivity index (χ1) is 8.59. The van der Waals surface area contributed by atoms with E-state index in [9.17, 15) is 14.7 Å². The van der Waals surface area contributed by atoms with E-state index in [1.807, 2.05) is 11.8 Å². The van der Waals surface area contributed by atoms with Crippen molar-refractivity contribution >= 4 is 12.0 Å². The van der Waals surface area contributed by atoms with Gasteiger partial charge >= 0.3 is 12.0 Å². The lowest BCUT2D eigenvalue weighted by Crippen LogP contribution is -2.52. The van der Waals surface area contributed by atoms with Crippen LogP contribution in [0.15, 0.2) is 0 Å². The van der Waals surface area contributed by atoms with Crippen LogP contribution in [0, 0.1) is 5.41 Å². The van der Waals surface area contributed by atoms with Crippen LogP contribution in [0.5, 0.6) is 0 Å². The smallest absolute Gasteiger partial charge is 0.320 e. The Morgan fingerprint density at radius 2 is 1.72 bits per heavy atom. The molecule has 2 aliphatic heterocycles.